The highest BCUT2D eigenvalue weighted by Crippen LogP contribution is 2.35. The van der Waals surface area contributed by atoms with Gasteiger partial charge in [-0.15, -0.1) is 0 Å². The van der Waals surface area contributed by atoms with Gasteiger partial charge in [-0.1, -0.05) is 48.0 Å². The number of methoxy groups -OCH3 is 1. The summed E-state index contributed by atoms with van der Waals surface area (Å²) in [5, 5.41) is 6.43. The van der Waals surface area contributed by atoms with E-state index in [1.165, 1.54) is 7.11 Å². The molecule has 7 nitrogen and oxygen atoms in total. The first-order chi connectivity index (χ1) is 15.0. The fourth-order valence-electron chi connectivity index (χ4n) is 3.91. The second kappa shape index (κ2) is 8.73. The lowest BCUT2D eigenvalue weighted by atomic mass is 9.78. The Bertz CT molecular complexity index is 1110. The molecule has 1 aromatic carbocycles. The molecule has 0 spiro atoms. The van der Waals surface area contributed by atoms with Crippen molar-refractivity contribution in [2.45, 2.75) is 18.5 Å². The van der Waals surface area contributed by atoms with Gasteiger partial charge in [0.25, 0.3) is 5.91 Å². The molecule has 1 aliphatic heterocycles. The fraction of sp³-hybridized carbons (Fsp3) is 0.217. The van der Waals surface area contributed by atoms with E-state index in [-0.39, 0.29) is 30.0 Å². The number of rotatable bonds is 5. The Balaban J connectivity index is 1.59. The molecule has 158 valence electrons. The molecule has 8 heteroatoms. The van der Waals surface area contributed by atoms with Gasteiger partial charge < -0.3 is 15.4 Å². The number of ether oxygens (including phenoxy) is 1. The monoisotopic (exact) mass is 437 g/mol. The first-order valence-electron chi connectivity index (χ1n) is 9.75. The molecule has 0 saturated carbocycles. The maximum absolute atomic E-state index is 13.3. The number of fused-ring (bicyclic) bond motifs is 1. The van der Waals surface area contributed by atoms with Crippen molar-refractivity contribution in [3.8, 4) is 0 Å². The van der Waals surface area contributed by atoms with Crippen LogP contribution in [0.4, 0.5) is 0 Å². The molecule has 0 fully saturated rings. The molecule has 1 aromatic heterocycles. The van der Waals surface area contributed by atoms with Crippen LogP contribution in [0.3, 0.4) is 0 Å². The SMILES string of the molecule is COC(=O)c1cccc(CNC(=O)[C@@H]2c3ccccc3C(=O)N[C@H]2C2C=CC(Cl)=C2)n1. The maximum Gasteiger partial charge on any atom is 0.356 e. The number of halogens is 1. The summed E-state index contributed by atoms with van der Waals surface area (Å²) in [6.07, 6.45) is 5.46. The van der Waals surface area contributed by atoms with E-state index in [1.807, 2.05) is 18.2 Å². The number of carbonyl (C=O) groups is 3. The number of hydrogen-bond donors (Lipinski definition) is 2. The summed E-state index contributed by atoms with van der Waals surface area (Å²) in [5.41, 5.74) is 1.82. The zero-order valence-electron chi connectivity index (χ0n) is 16.7. The number of allylic oxidation sites excluding steroid dienone is 2. The Kier molecular flexibility index (Phi) is 5.86. The van der Waals surface area contributed by atoms with Crippen LogP contribution in [0.25, 0.3) is 0 Å². The largest absolute Gasteiger partial charge is 0.464 e. The highest BCUT2D eigenvalue weighted by atomic mass is 35.5. The zero-order chi connectivity index (χ0) is 22.0. The van der Waals surface area contributed by atoms with Crippen molar-refractivity contribution in [2.75, 3.05) is 7.11 Å². The minimum atomic E-state index is -0.619. The van der Waals surface area contributed by atoms with Crippen LogP contribution < -0.4 is 10.6 Å². The topological polar surface area (TPSA) is 97.4 Å². The van der Waals surface area contributed by atoms with Gasteiger partial charge in [0.05, 0.1) is 31.3 Å². The molecular formula is C23H20ClN3O4. The van der Waals surface area contributed by atoms with Gasteiger partial charge in [0, 0.05) is 16.5 Å². The van der Waals surface area contributed by atoms with Crippen molar-refractivity contribution < 1.29 is 19.1 Å². The number of aromatic nitrogens is 1. The Labute approximate surface area is 184 Å². The molecule has 1 aliphatic carbocycles. The lowest BCUT2D eigenvalue weighted by Gasteiger charge is -2.35. The van der Waals surface area contributed by atoms with Gasteiger partial charge in [0.2, 0.25) is 5.91 Å². The lowest BCUT2D eigenvalue weighted by Crippen LogP contribution is -2.52. The Morgan fingerprint density at radius 3 is 2.74 bits per heavy atom. The minimum Gasteiger partial charge on any atom is -0.464 e. The predicted molar refractivity (Wildman–Crippen MR) is 114 cm³/mol. The van der Waals surface area contributed by atoms with Crippen LogP contribution >= 0.6 is 11.6 Å². The molecule has 0 radical (unpaired) electrons. The normalized spacial score (nSPS) is 21.7. The van der Waals surface area contributed by atoms with Gasteiger partial charge in [0.15, 0.2) is 0 Å². The second-order valence-electron chi connectivity index (χ2n) is 7.28. The molecule has 0 saturated heterocycles. The summed E-state index contributed by atoms with van der Waals surface area (Å²) in [5.74, 6) is -1.85. The third-order valence-corrected chi connectivity index (χ3v) is 5.62. The summed E-state index contributed by atoms with van der Waals surface area (Å²) in [4.78, 5) is 41.9. The van der Waals surface area contributed by atoms with E-state index in [1.54, 1.807) is 42.5 Å². The van der Waals surface area contributed by atoms with Crippen LogP contribution in [0.15, 0.2) is 65.7 Å². The van der Waals surface area contributed by atoms with Crippen LogP contribution in [-0.2, 0) is 16.1 Å². The minimum absolute atomic E-state index is 0.125. The van der Waals surface area contributed by atoms with E-state index < -0.39 is 17.9 Å². The molecule has 2 heterocycles. The highest BCUT2D eigenvalue weighted by Gasteiger charge is 2.41. The molecule has 2 aromatic rings. The number of carbonyl (C=O) groups excluding carboxylic acids is 3. The zero-order valence-corrected chi connectivity index (χ0v) is 17.4. The second-order valence-corrected chi connectivity index (χ2v) is 7.71. The maximum atomic E-state index is 13.3. The number of benzene rings is 1. The highest BCUT2D eigenvalue weighted by molar-refractivity contribution is 6.31. The molecule has 4 rings (SSSR count). The molecule has 2 aliphatic rings. The van der Waals surface area contributed by atoms with E-state index in [9.17, 15) is 14.4 Å². The van der Waals surface area contributed by atoms with Gasteiger partial charge in [-0.05, 0) is 29.8 Å². The Hall–Kier alpha value is -3.45. The summed E-state index contributed by atoms with van der Waals surface area (Å²) < 4.78 is 4.69. The van der Waals surface area contributed by atoms with E-state index in [0.717, 1.165) is 0 Å². The molecule has 2 N–H and O–H groups in total. The standard InChI is InChI=1S/C23H20ClN3O4/c1-31-23(30)18-8-4-5-15(26-18)12-25-22(29)19-16-6-2-3-7-17(16)21(28)27-20(19)13-9-10-14(24)11-13/h2-11,13,19-20H,12H2,1H3,(H,25,29)(H,27,28)/t13?,19-,20+/m1/s1. The van der Waals surface area contributed by atoms with Gasteiger partial charge in [-0.2, -0.15) is 0 Å². The summed E-state index contributed by atoms with van der Waals surface area (Å²) in [6.45, 7) is 0.125. The van der Waals surface area contributed by atoms with Crippen molar-refractivity contribution in [1.29, 1.82) is 0 Å². The van der Waals surface area contributed by atoms with Crippen molar-refractivity contribution in [3.05, 3.63) is 88.2 Å². The molecule has 0 bridgehead atoms. The van der Waals surface area contributed by atoms with Crippen LogP contribution in [0, 0.1) is 5.92 Å². The third kappa shape index (κ3) is 4.22. The number of nitrogens with one attached hydrogen (secondary N) is 2. The molecule has 3 atom stereocenters. The van der Waals surface area contributed by atoms with Crippen LogP contribution in [0.2, 0.25) is 0 Å². The first kappa shape index (κ1) is 20.8. The summed E-state index contributed by atoms with van der Waals surface area (Å²) in [7, 11) is 1.28. The smallest absolute Gasteiger partial charge is 0.356 e. The van der Waals surface area contributed by atoms with E-state index in [4.69, 9.17) is 11.6 Å². The van der Waals surface area contributed by atoms with Crippen molar-refractivity contribution >= 4 is 29.4 Å². The summed E-state index contributed by atoms with van der Waals surface area (Å²) >= 11 is 6.10. The number of nitrogens with zero attached hydrogens (tertiary/aromatic N) is 1. The molecule has 31 heavy (non-hydrogen) atoms. The van der Waals surface area contributed by atoms with Gasteiger partial charge in [-0.25, -0.2) is 9.78 Å². The Morgan fingerprint density at radius 1 is 1.19 bits per heavy atom. The van der Waals surface area contributed by atoms with Crippen molar-refractivity contribution in [1.82, 2.24) is 15.6 Å². The number of esters is 1. The average Bonchev–Trinajstić information content (AvgIpc) is 3.23. The Morgan fingerprint density at radius 2 is 2.00 bits per heavy atom. The van der Waals surface area contributed by atoms with Crippen LogP contribution in [0.5, 0.6) is 0 Å². The van der Waals surface area contributed by atoms with Crippen LogP contribution in [-0.4, -0.2) is 35.9 Å². The van der Waals surface area contributed by atoms with Gasteiger partial charge in [-0.3, -0.25) is 9.59 Å². The number of amides is 2. The quantitative estimate of drug-likeness (QED) is 0.701. The number of hydrogen-bond acceptors (Lipinski definition) is 5. The predicted octanol–water partition coefficient (Wildman–Crippen LogP) is 2.69. The molecule has 1 unspecified atom stereocenters. The average molecular weight is 438 g/mol. The first-order valence-corrected chi connectivity index (χ1v) is 10.1. The van der Waals surface area contributed by atoms with E-state index in [2.05, 4.69) is 20.4 Å². The lowest BCUT2D eigenvalue weighted by molar-refractivity contribution is -0.123. The van der Waals surface area contributed by atoms with E-state index >= 15 is 0 Å². The van der Waals surface area contributed by atoms with Gasteiger partial charge in [0.1, 0.15) is 5.69 Å². The third-order valence-electron chi connectivity index (χ3n) is 5.37. The van der Waals surface area contributed by atoms with Crippen molar-refractivity contribution in [3.63, 3.8) is 0 Å². The molecule has 2 amide bonds. The van der Waals surface area contributed by atoms with Crippen LogP contribution in [0.1, 0.15) is 38.0 Å². The summed E-state index contributed by atoms with van der Waals surface area (Å²) in [6, 6.07) is 11.5. The van der Waals surface area contributed by atoms with E-state index in [0.29, 0.717) is 21.9 Å². The fourth-order valence-corrected chi connectivity index (χ4v) is 4.13. The molecular weight excluding hydrogens is 418 g/mol. The van der Waals surface area contributed by atoms with Crippen molar-refractivity contribution in [2.24, 2.45) is 5.92 Å². The number of pyridine rings is 1. The van der Waals surface area contributed by atoms with Gasteiger partial charge >= 0.3 is 5.97 Å².